The van der Waals surface area contributed by atoms with Crippen molar-refractivity contribution >= 4 is 23.4 Å². The first-order chi connectivity index (χ1) is 11.1. The smallest absolute Gasteiger partial charge is 0.244 e. The van der Waals surface area contributed by atoms with Crippen molar-refractivity contribution in [3.63, 3.8) is 0 Å². The molecule has 2 aliphatic rings. The van der Waals surface area contributed by atoms with Crippen molar-refractivity contribution in [3.8, 4) is 12.3 Å². The molecular formula is C18H18N2O3. The van der Waals surface area contributed by atoms with Gasteiger partial charge in [0.25, 0.3) is 0 Å². The zero-order valence-corrected chi connectivity index (χ0v) is 12.7. The SMILES string of the molecule is C#Cc1cccc(NC(=O)CN2C(=O)C3CCCCC3C2=O)c1. The number of nitrogens with one attached hydrogen (secondary N) is 1. The number of hydrogen-bond acceptors (Lipinski definition) is 3. The predicted octanol–water partition coefficient (Wildman–Crippen LogP) is 1.78. The van der Waals surface area contributed by atoms with Crippen LogP contribution < -0.4 is 5.32 Å². The first kappa shape index (κ1) is 15.3. The van der Waals surface area contributed by atoms with Crippen LogP contribution in [0.3, 0.4) is 0 Å². The summed E-state index contributed by atoms with van der Waals surface area (Å²) >= 11 is 0. The predicted molar refractivity (Wildman–Crippen MR) is 85.2 cm³/mol. The lowest BCUT2D eigenvalue weighted by molar-refractivity contribution is -0.142. The van der Waals surface area contributed by atoms with Gasteiger partial charge in [0.15, 0.2) is 0 Å². The molecule has 3 rings (SSSR count). The van der Waals surface area contributed by atoms with E-state index in [9.17, 15) is 14.4 Å². The molecule has 1 aromatic carbocycles. The Bertz CT molecular complexity index is 680. The second-order valence-corrected chi connectivity index (χ2v) is 6.03. The maximum atomic E-state index is 12.3. The summed E-state index contributed by atoms with van der Waals surface area (Å²) in [5.41, 5.74) is 1.21. The average Bonchev–Trinajstić information content (AvgIpc) is 2.80. The number of amides is 3. The highest BCUT2D eigenvalue weighted by atomic mass is 16.2. The van der Waals surface area contributed by atoms with Crippen LogP contribution in [0.25, 0.3) is 0 Å². The van der Waals surface area contributed by atoms with Gasteiger partial charge in [-0.2, -0.15) is 0 Å². The van der Waals surface area contributed by atoms with E-state index >= 15 is 0 Å². The molecule has 1 saturated carbocycles. The van der Waals surface area contributed by atoms with Gasteiger partial charge in [0.05, 0.1) is 11.8 Å². The van der Waals surface area contributed by atoms with Crippen LogP contribution in [-0.4, -0.2) is 29.2 Å². The Morgan fingerprint density at radius 2 is 1.87 bits per heavy atom. The summed E-state index contributed by atoms with van der Waals surface area (Å²) in [5.74, 6) is 1.24. The molecule has 118 valence electrons. The fraction of sp³-hybridized carbons (Fsp3) is 0.389. The van der Waals surface area contributed by atoms with E-state index in [2.05, 4.69) is 11.2 Å². The number of rotatable bonds is 3. The van der Waals surface area contributed by atoms with Crippen LogP contribution in [-0.2, 0) is 14.4 Å². The van der Waals surface area contributed by atoms with Crippen molar-refractivity contribution in [1.82, 2.24) is 4.90 Å². The van der Waals surface area contributed by atoms with E-state index in [1.807, 2.05) is 0 Å². The molecule has 0 spiro atoms. The Hall–Kier alpha value is -2.61. The highest BCUT2D eigenvalue weighted by Crippen LogP contribution is 2.37. The van der Waals surface area contributed by atoms with Crippen LogP contribution in [0.4, 0.5) is 5.69 Å². The molecule has 2 atom stereocenters. The van der Waals surface area contributed by atoms with Gasteiger partial charge in [0, 0.05) is 11.3 Å². The van der Waals surface area contributed by atoms with E-state index in [4.69, 9.17) is 6.42 Å². The van der Waals surface area contributed by atoms with E-state index in [-0.39, 0.29) is 36.1 Å². The van der Waals surface area contributed by atoms with Gasteiger partial charge in [-0.3, -0.25) is 19.3 Å². The molecule has 1 aromatic rings. The van der Waals surface area contributed by atoms with Crippen molar-refractivity contribution in [2.24, 2.45) is 11.8 Å². The Morgan fingerprint density at radius 3 is 2.48 bits per heavy atom. The van der Waals surface area contributed by atoms with Crippen LogP contribution in [0.15, 0.2) is 24.3 Å². The number of benzene rings is 1. The van der Waals surface area contributed by atoms with Crippen molar-refractivity contribution < 1.29 is 14.4 Å². The van der Waals surface area contributed by atoms with Crippen LogP contribution in [0, 0.1) is 24.2 Å². The molecule has 5 nitrogen and oxygen atoms in total. The largest absolute Gasteiger partial charge is 0.324 e. The Kier molecular flexibility index (Phi) is 4.16. The van der Waals surface area contributed by atoms with Crippen molar-refractivity contribution in [1.29, 1.82) is 0 Å². The van der Waals surface area contributed by atoms with E-state index in [1.54, 1.807) is 24.3 Å². The number of nitrogens with zero attached hydrogens (tertiary/aromatic N) is 1. The summed E-state index contributed by atoms with van der Waals surface area (Å²) in [4.78, 5) is 37.9. The summed E-state index contributed by atoms with van der Waals surface area (Å²) in [6.45, 7) is -0.231. The molecule has 1 aliphatic heterocycles. The third-order valence-electron chi connectivity index (χ3n) is 4.55. The minimum atomic E-state index is -0.389. The van der Waals surface area contributed by atoms with Crippen molar-refractivity contribution in [2.75, 3.05) is 11.9 Å². The number of imide groups is 1. The van der Waals surface area contributed by atoms with Gasteiger partial charge in [-0.15, -0.1) is 6.42 Å². The Labute approximate surface area is 135 Å². The van der Waals surface area contributed by atoms with Gasteiger partial charge in [-0.05, 0) is 31.0 Å². The molecule has 23 heavy (non-hydrogen) atoms. The maximum Gasteiger partial charge on any atom is 0.244 e. The third-order valence-corrected chi connectivity index (χ3v) is 4.55. The average molecular weight is 310 g/mol. The molecule has 1 aliphatic carbocycles. The zero-order chi connectivity index (χ0) is 16.4. The highest BCUT2D eigenvalue weighted by Gasteiger charge is 2.48. The highest BCUT2D eigenvalue weighted by molar-refractivity contribution is 6.08. The number of carbonyl (C=O) groups is 3. The molecule has 2 unspecified atom stereocenters. The minimum Gasteiger partial charge on any atom is -0.324 e. The monoisotopic (exact) mass is 310 g/mol. The van der Waals surface area contributed by atoms with Crippen LogP contribution in [0.1, 0.15) is 31.2 Å². The molecule has 5 heteroatoms. The quantitative estimate of drug-likeness (QED) is 0.683. The first-order valence-corrected chi connectivity index (χ1v) is 7.82. The lowest BCUT2D eigenvalue weighted by atomic mass is 9.81. The normalized spacial score (nSPS) is 23.3. The number of carbonyl (C=O) groups excluding carboxylic acids is 3. The van der Waals surface area contributed by atoms with Crippen LogP contribution in [0.5, 0.6) is 0 Å². The van der Waals surface area contributed by atoms with E-state index in [0.717, 1.165) is 30.6 Å². The number of fused-ring (bicyclic) bond motifs is 1. The summed E-state index contributed by atoms with van der Waals surface area (Å²) in [6.07, 6.45) is 8.76. The lowest BCUT2D eigenvalue weighted by Gasteiger charge is -2.19. The fourth-order valence-corrected chi connectivity index (χ4v) is 3.42. The van der Waals surface area contributed by atoms with E-state index < -0.39 is 0 Å². The fourth-order valence-electron chi connectivity index (χ4n) is 3.42. The number of likely N-dealkylation sites (tertiary alicyclic amines) is 1. The van der Waals surface area contributed by atoms with Gasteiger partial charge in [0.2, 0.25) is 17.7 Å². The molecule has 3 amide bonds. The van der Waals surface area contributed by atoms with Gasteiger partial charge in [0.1, 0.15) is 6.54 Å². The van der Waals surface area contributed by atoms with Crippen molar-refractivity contribution in [2.45, 2.75) is 25.7 Å². The maximum absolute atomic E-state index is 12.3. The second kappa shape index (κ2) is 6.25. The van der Waals surface area contributed by atoms with E-state index in [1.165, 1.54) is 0 Å². The Balaban J connectivity index is 1.67. The van der Waals surface area contributed by atoms with Crippen LogP contribution in [0.2, 0.25) is 0 Å². The molecule has 1 N–H and O–H groups in total. The third kappa shape index (κ3) is 2.98. The molecule has 1 saturated heterocycles. The standard InChI is InChI=1S/C18H18N2O3/c1-2-12-6-5-7-13(10-12)19-16(21)11-20-17(22)14-8-3-4-9-15(14)18(20)23/h1,5-7,10,14-15H,3-4,8-9,11H2,(H,19,21). The van der Waals surface area contributed by atoms with Gasteiger partial charge >= 0.3 is 0 Å². The molecule has 1 heterocycles. The number of terminal acetylenes is 1. The van der Waals surface area contributed by atoms with E-state index in [0.29, 0.717) is 11.3 Å². The topological polar surface area (TPSA) is 66.5 Å². The zero-order valence-electron chi connectivity index (χ0n) is 12.7. The first-order valence-electron chi connectivity index (χ1n) is 7.82. The van der Waals surface area contributed by atoms with Crippen molar-refractivity contribution in [3.05, 3.63) is 29.8 Å². The molecule has 0 aromatic heterocycles. The Morgan fingerprint density at radius 1 is 1.22 bits per heavy atom. The summed E-state index contributed by atoms with van der Waals surface area (Å²) in [7, 11) is 0. The molecular weight excluding hydrogens is 292 g/mol. The molecule has 0 bridgehead atoms. The molecule has 2 fully saturated rings. The summed E-state index contributed by atoms with van der Waals surface area (Å²) in [5, 5.41) is 2.69. The van der Waals surface area contributed by atoms with Gasteiger partial charge in [-0.25, -0.2) is 0 Å². The summed E-state index contributed by atoms with van der Waals surface area (Å²) < 4.78 is 0. The number of hydrogen-bond donors (Lipinski definition) is 1. The van der Waals surface area contributed by atoms with Gasteiger partial charge < -0.3 is 5.32 Å². The summed E-state index contributed by atoms with van der Waals surface area (Å²) in [6, 6.07) is 6.89. The molecule has 0 radical (unpaired) electrons. The minimum absolute atomic E-state index is 0.202. The lowest BCUT2D eigenvalue weighted by Crippen LogP contribution is -2.38. The second-order valence-electron chi connectivity index (χ2n) is 6.03. The number of anilines is 1. The van der Waals surface area contributed by atoms with Crippen LogP contribution >= 0.6 is 0 Å². The van der Waals surface area contributed by atoms with Gasteiger partial charge in [-0.1, -0.05) is 24.8 Å².